The molecule has 3 aromatic rings. The molecular weight excluding hydrogens is 397 g/mol. The van der Waals surface area contributed by atoms with Gasteiger partial charge in [0.1, 0.15) is 17.3 Å². The van der Waals surface area contributed by atoms with Crippen LogP contribution >= 0.6 is 0 Å². The van der Waals surface area contributed by atoms with Crippen LogP contribution in [0.2, 0.25) is 0 Å². The van der Waals surface area contributed by atoms with Gasteiger partial charge in [0.2, 0.25) is 0 Å². The molecule has 1 N–H and O–H groups in total. The molecule has 0 atom stereocenters. The van der Waals surface area contributed by atoms with Crippen molar-refractivity contribution in [3.05, 3.63) is 77.0 Å². The topological polar surface area (TPSA) is 63.8 Å². The minimum atomic E-state index is -4.43. The number of ether oxygens (including phenoxy) is 1. The number of nitrogens with one attached hydrogen (secondary N) is 1. The molecule has 0 radical (unpaired) electrons. The van der Waals surface area contributed by atoms with Crippen LogP contribution in [0.1, 0.15) is 22.5 Å². The maximum atomic E-state index is 12.8. The molecule has 0 aliphatic carbocycles. The van der Waals surface area contributed by atoms with Gasteiger partial charge in [0.15, 0.2) is 6.61 Å². The summed E-state index contributed by atoms with van der Waals surface area (Å²) in [5.74, 6) is 0.646. The molecule has 1 aromatic heterocycles. The molecule has 0 saturated heterocycles. The van der Waals surface area contributed by atoms with Gasteiger partial charge in [-0.25, -0.2) is 5.43 Å². The Morgan fingerprint density at radius 1 is 1.10 bits per heavy atom. The molecule has 30 heavy (non-hydrogen) atoms. The third kappa shape index (κ3) is 5.50. The number of benzene rings is 2. The summed E-state index contributed by atoms with van der Waals surface area (Å²) in [6.45, 7) is 3.71. The molecule has 1 amide bonds. The number of hydrogen-bond acceptors (Lipinski definition) is 4. The first kappa shape index (κ1) is 21.2. The lowest BCUT2D eigenvalue weighted by Gasteiger charge is -2.07. The molecule has 0 fully saturated rings. The van der Waals surface area contributed by atoms with Gasteiger partial charge in [-0.2, -0.15) is 18.3 Å². The Kier molecular flexibility index (Phi) is 6.25. The number of nitrogens with zero attached hydrogens (tertiary/aromatic N) is 1. The van der Waals surface area contributed by atoms with Crippen LogP contribution in [0.5, 0.6) is 5.75 Å². The normalized spacial score (nSPS) is 11.6. The fraction of sp³-hybridized carbons (Fsp3) is 0.182. The fourth-order valence-corrected chi connectivity index (χ4v) is 2.58. The van der Waals surface area contributed by atoms with Crippen LogP contribution in [0.25, 0.3) is 11.3 Å². The molecule has 8 heteroatoms. The number of rotatable bonds is 6. The number of hydrogen-bond donors (Lipinski definition) is 1. The first-order chi connectivity index (χ1) is 14.2. The van der Waals surface area contributed by atoms with Gasteiger partial charge in [-0.3, -0.25) is 4.79 Å². The second-order valence-electron chi connectivity index (χ2n) is 6.61. The number of halogens is 3. The van der Waals surface area contributed by atoms with Crippen molar-refractivity contribution in [2.24, 2.45) is 5.10 Å². The van der Waals surface area contributed by atoms with E-state index in [0.717, 1.165) is 23.3 Å². The fourth-order valence-electron chi connectivity index (χ4n) is 2.58. The van der Waals surface area contributed by atoms with Crippen molar-refractivity contribution in [1.82, 2.24) is 5.43 Å². The van der Waals surface area contributed by atoms with Gasteiger partial charge in [-0.05, 0) is 61.4 Å². The van der Waals surface area contributed by atoms with E-state index in [4.69, 9.17) is 9.15 Å². The summed E-state index contributed by atoms with van der Waals surface area (Å²) >= 11 is 0. The van der Waals surface area contributed by atoms with E-state index in [1.165, 1.54) is 30.5 Å². The molecule has 0 spiro atoms. The van der Waals surface area contributed by atoms with E-state index in [2.05, 4.69) is 10.5 Å². The lowest BCUT2D eigenvalue weighted by Crippen LogP contribution is -2.24. The minimum absolute atomic E-state index is 0.215. The highest BCUT2D eigenvalue weighted by molar-refractivity contribution is 5.81. The van der Waals surface area contributed by atoms with E-state index in [1.54, 1.807) is 6.07 Å². The third-order valence-corrected chi connectivity index (χ3v) is 4.33. The van der Waals surface area contributed by atoms with Crippen molar-refractivity contribution in [1.29, 1.82) is 0 Å². The number of amides is 1. The van der Waals surface area contributed by atoms with Gasteiger partial charge in [0.25, 0.3) is 5.91 Å². The van der Waals surface area contributed by atoms with Crippen LogP contribution in [-0.2, 0) is 11.0 Å². The Morgan fingerprint density at radius 3 is 2.63 bits per heavy atom. The van der Waals surface area contributed by atoms with Gasteiger partial charge in [0.05, 0.1) is 11.8 Å². The first-order valence-electron chi connectivity index (χ1n) is 9.02. The van der Waals surface area contributed by atoms with Crippen LogP contribution in [0.15, 0.2) is 64.1 Å². The van der Waals surface area contributed by atoms with Gasteiger partial charge in [-0.15, -0.1) is 0 Å². The molecule has 0 bridgehead atoms. The Hall–Kier alpha value is -3.55. The summed E-state index contributed by atoms with van der Waals surface area (Å²) in [4.78, 5) is 11.8. The average Bonchev–Trinajstić information content (AvgIpc) is 3.17. The number of alkyl halides is 3. The zero-order valence-corrected chi connectivity index (χ0v) is 16.3. The van der Waals surface area contributed by atoms with E-state index >= 15 is 0 Å². The summed E-state index contributed by atoms with van der Waals surface area (Å²) < 4.78 is 49.4. The number of furan rings is 1. The van der Waals surface area contributed by atoms with Crippen molar-refractivity contribution >= 4 is 12.1 Å². The van der Waals surface area contributed by atoms with Crippen LogP contribution in [0, 0.1) is 13.8 Å². The minimum Gasteiger partial charge on any atom is -0.484 e. The maximum Gasteiger partial charge on any atom is 0.416 e. The van der Waals surface area contributed by atoms with Crippen LogP contribution in [0.3, 0.4) is 0 Å². The molecule has 2 aromatic carbocycles. The lowest BCUT2D eigenvalue weighted by atomic mass is 10.1. The highest BCUT2D eigenvalue weighted by atomic mass is 19.4. The summed E-state index contributed by atoms with van der Waals surface area (Å²) in [6, 6.07) is 13.4. The predicted molar refractivity (Wildman–Crippen MR) is 106 cm³/mol. The van der Waals surface area contributed by atoms with Crippen LogP contribution in [-0.4, -0.2) is 18.7 Å². The highest BCUT2D eigenvalue weighted by Crippen LogP contribution is 2.32. The Balaban J connectivity index is 1.55. The number of carbonyl (C=O) groups is 1. The number of hydrazone groups is 1. The predicted octanol–water partition coefficient (Wildman–Crippen LogP) is 5.11. The summed E-state index contributed by atoms with van der Waals surface area (Å²) in [5.41, 5.74) is 4.01. The second kappa shape index (κ2) is 8.86. The molecule has 3 rings (SSSR count). The van der Waals surface area contributed by atoms with Crippen molar-refractivity contribution in [2.45, 2.75) is 20.0 Å². The van der Waals surface area contributed by atoms with Crippen molar-refractivity contribution < 1.29 is 27.1 Å². The van der Waals surface area contributed by atoms with E-state index in [0.29, 0.717) is 5.75 Å². The molecule has 5 nitrogen and oxygen atoms in total. The summed E-state index contributed by atoms with van der Waals surface area (Å²) in [6.07, 6.45) is -3.18. The SMILES string of the molecule is Cc1ccc(OCC(=O)N/N=C\c2ccc(-c3cccc(C(F)(F)F)c3)o2)cc1C. The Labute approximate surface area is 171 Å². The lowest BCUT2D eigenvalue weighted by molar-refractivity contribution is -0.137. The smallest absolute Gasteiger partial charge is 0.416 e. The third-order valence-electron chi connectivity index (χ3n) is 4.33. The maximum absolute atomic E-state index is 12.8. The molecular formula is C22H19F3N2O3. The van der Waals surface area contributed by atoms with Crippen LogP contribution < -0.4 is 10.2 Å². The zero-order valence-electron chi connectivity index (χ0n) is 16.3. The molecule has 0 aliphatic heterocycles. The number of aryl methyl sites for hydroxylation is 2. The summed E-state index contributed by atoms with van der Waals surface area (Å²) in [5, 5.41) is 3.77. The van der Waals surface area contributed by atoms with Gasteiger partial charge >= 0.3 is 6.18 Å². The van der Waals surface area contributed by atoms with E-state index in [9.17, 15) is 18.0 Å². The summed E-state index contributed by atoms with van der Waals surface area (Å²) in [7, 11) is 0. The van der Waals surface area contributed by atoms with Gasteiger partial charge in [-0.1, -0.05) is 18.2 Å². The largest absolute Gasteiger partial charge is 0.484 e. The van der Waals surface area contributed by atoms with E-state index in [1.807, 2.05) is 26.0 Å². The molecule has 156 valence electrons. The van der Waals surface area contributed by atoms with Crippen molar-refractivity contribution in [3.63, 3.8) is 0 Å². The molecule has 0 saturated carbocycles. The standard InChI is InChI=1S/C22H19F3N2O3/c1-14-6-7-18(10-15(14)2)29-13-21(28)27-26-12-19-8-9-20(30-19)16-4-3-5-17(11-16)22(23,24)25/h3-12H,13H2,1-2H3,(H,27,28)/b26-12-. The second-order valence-corrected chi connectivity index (χ2v) is 6.61. The van der Waals surface area contributed by atoms with E-state index < -0.39 is 17.6 Å². The van der Waals surface area contributed by atoms with E-state index in [-0.39, 0.29) is 23.7 Å². The van der Waals surface area contributed by atoms with Crippen LogP contribution in [0.4, 0.5) is 13.2 Å². The molecule has 1 heterocycles. The van der Waals surface area contributed by atoms with Crippen molar-refractivity contribution in [3.8, 4) is 17.1 Å². The zero-order chi connectivity index (χ0) is 21.7. The van der Waals surface area contributed by atoms with Crippen molar-refractivity contribution in [2.75, 3.05) is 6.61 Å². The Bertz CT molecular complexity index is 1070. The average molecular weight is 416 g/mol. The van der Waals surface area contributed by atoms with Gasteiger partial charge in [0, 0.05) is 5.56 Å². The first-order valence-corrected chi connectivity index (χ1v) is 9.02. The monoisotopic (exact) mass is 416 g/mol. The number of carbonyl (C=O) groups excluding carboxylic acids is 1. The molecule has 0 unspecified atom stereocenters. The molecule has 0 aliphatic rings. The highest BCUT2D eigenvalue weighted by Gasteiger charge is 2.30. The quantitative estimate of drug-likeness (QED) is 0.449. The Morgan fingerprint density at radius 2 is 1.90 bits per heavy atom. The van der Waals surface area contributed by atoms with Gasteiger partial charge < -0.3 is 9.15 Å².